The van der Waals surface area contributed by atoms with Crippen molar-refractivity contribution in [3.05, 3.63) is 36.5 Å². The summed E-state index contributed by atoms with van der Waals surface area (Å²) in [5, 5.41) is 0. The average Bonchev–Trinajstić information content (AvgIpc) is 3.33. The number of ether oxygens (including phenoxy) is 2. The molecule has 9 nitrogen and oxygen atoms in total. The molecule has 68 heavy (non-hydrogen) atoms. The van der Waals surface area contributed by atoms with Crippen LogP contribution < -0.4 is 5.73 Å². The largest absolute Gasteiger partial charge is 0.472 e. The minimum absolute atomic E-state index is 0.0546. The second-order valence-corrected chi connectivity index (χ2v) is 21.0. The number of carbonyl (C=O) groups is 2. The summed E-state index contributed by atoms with van der Waals surface area (Å²) in [6, 6.07) is 0. The molecule has 3 N–H and O–H groups in total. The van der Waals surface area contributed by atoms with Crippen LogP contribution in [0, 0.1) is 0 Å². The molecule has 10 heteroatoms. The van der Waals surface area contributed by atoms with Crippen LogP contribution in [-0.4, -0.2) is 49.3 Å². The van der Waals surface area contributed by atoms with E-state index in [2.05, 4.69) is 50.3 Å². The fraction of sp³-hybridized carbons (Fsp3) is 0.862. The van der Waals surface area contributed by atoms with Crippen molar-refractivity contribution in [1.29, 1.82) is 0 Å². The lowest BCUT2D eigenvalue weighted by Crippen LogP contribution is -2.29. The van der Waals surface area contributed by atoms with Crippen LogP contribution in [0.15, 0.2) is 36.5 Å². The van der Waals surface area contributed by atoms with Crippen LogP contribution in [0.1, 0.15) is 290 Å². The van der Waals surface area contributed by atoms with Crippen LogP contribution in [0.4, 0.5) is 0 Å². The van der Waals surface area contributed by atoms with Crippen LogP contribution in [0.25, 0.3) is 0 Å². The van der Waals surface area contributed by atoms with Crippen molar-refractivity contribution in [3.63, 3.8) is 0 Å². The quantitative estimate of drug-likeness (QED) is 0.0264. The molecule has 0 saturated carbocycles. The highest BCUT2D eigenvalue weighted by Gasteiger charge is 2.26. The molecule has 0 bridgehead atoms. The molecular weight excluding hydrogens is 870 g/mol. The van der Waals surface area contributed by atoms with Gasteiger partial charge in [0.2, 0.25) is 0 Å². The molecule has 0 fully saturated rings. The van der Waals surface area contributed by atoms with Gasteiger partial charge in [-0.15, -0.1) is 0 Å². The molecule has 400 valence electrons. The van der Waals surface area contributed by atoms with Gasteiger partial charge in [0.1, 0.15) is 6.61 Å². The van der Waals surface area contributed by atoms with E-state index in [1.807, 2.05) is 0 Å². The topological polar surface area (TPSA) is 134 Å². The monoisotopic (exact) mass is 980 g/mol. The van der Waals surface area contributed by atoms with Gasteiger partial charge < -0.3 is 20.1 Å². The fourth-order valence-electron chi connectivity index (χ4n) is 8.47. The molecule has 0 amide bonds. The molecule has 0 aliphatic heterocycles. The fourth-order valence-corrected chi connectivity index (χ4v) is 9.23. The van der Waals surface area contributed by atoms with Crippen molar-refractivity contribution >= 4 is 19.8 Å². The Morgan fingerprint density at radius 2 is 0.765 bits per heavy atom. The van der Waals surface area contributed by atoms with E-state index < -0.39 is 26.5 Å². The van der Waals surface area contributed by atoms with Crippen LogP contribution in [-0.2, 0) is 32.7 Å². The second kappa shape index (κ2) is 54.6. The molecule has 0 aliphatic rings. The first-order chi connectivity index (χ1) is 33.3. The molecule has 0 radical (unpaired) electrons. The molecule has 2 unspecified atom stereocenters. The number of hydrogen-bond donors (Lipinski definition) is 2. The summed E-state index contributed by atoms with van der Waals surface area (Å²) in [5.74, 6) is -0.815. The Bertz CT molecular complexity index is 1210. The Balaban J connectivity index is 3.95. The van der Waals surface area contributed by atoms with Crippen LogP contribution in [0.3, 0.4) is 0 Å². The number of rotatable bonds is 55. The maximum atomic E-state index is 12.7. The highest BCUT2D eigenvalue weighted by atomic mass is 31.2. The molecule has 0 aliphatic carbocycles. The van der Waals surface area contributed by atoms with Gasteiger partial charge in [-0.25, -0.2) is 4.57 Å². The van der Waals surface area contributed by atoms with E-state index in [4.69, 9.17) is 24.3 Å². The number of carbonyl (C=O) groups excluding carboxylic acids is 2. The highest BCUT2D eigenvalue weighted by molar-refractivity contribution is 7.47. The van der Waals surface area contributed by atoms with Crippen molar-refractivity contribution < 1.29 is 37.6 Å². The molecule has 0 saturated heterocycles. The minimum Gasteiger partial charge on any atom is -0.462 e. The van der Waals surface area contributed by atoms with Gasteiger partial charge in [0.15, 0.2) is 6.10 Å². The minimum atomic E-state index is -4.38. The average molecular weight is 980 g/mol. The number of phosphoric acid groups is 1. The smallest absolute Gasteiger partial charge is 0.462 e. The van der Waals surface area contributed by atoms with E-state index in [1.54, 1.807) is 0 Å². The Morgan fingerprint density at radius 1 is 0.441 bits per heavy atom. The summed E-state index contributed by atoms with van der Waals surface area (Å²) in [6.45, 7) is 3.78. The Kier molecular flexibility index (Phi) is 53.1. The van der Waals surface area contributed by atoms with Crippen molar-refractivity contribution in [2.24, 2.45) is 5.73 Å². The maximum absolute atomic E-state index is 12.7. The highest BCUT2D eigenvalue weighted by Crippen LogP contribution is 2.43. The molecule has 2 atom stereocenters. The van der Waals surface area contributed by atoms with Crippen LogP contribution in [0.2, 0.25) is 0 Å². The van der Waals surface area contributed by atoms with Crippen molar-refractivity contribution in [2.75, 3.05) is 26.4 Å². The van der Waals surface area contributed by atoms with Crippen molar-refractivity contribution in [3.8, 4) is 0 Å². The van der Waals surface area contributed by atoms with Crippen molar-refractivity contribution in [2.45, 2.75) is 296 Å². The zero-order valence-corrected chi connectivity index (χ0v) is 45.5. The number of nitrogens with two attached hydrogens (primary N) is 1. The van der Waals surface area contributed by atoms with E-state index in [0.717, 1.165) is 51.4 Å². The Labute approximate surface area is 420 Å². The third-order valence-electron chi connectivity index (χ3n) is 12.8. The van der Waals surface area contributed by atoms with E-state index >= 15 is 0 Å². The van der Waals surface area contributed by atoms with Gasteiger partial charge in [-0.2, -0.15) is 0 Å². The predicted molar refractivity (Wildman–Crippen MR) is 289 cm³/mol. The summed E-state index contributed by atoms with van der Waals surface area (Å²) in [5.41, 5.74) is 5.38. The number of allylic oxidation sites excluding steroid dienone is 6. The number of esters is 2. The van der Waals surface area contributed by atoms with Crippen LogP contribution in [0.5, 0.6) is 0 Å². The van der Waals surface area contributed by atoms with Gasteiger partial charge >= 0.3 is 19.8 Å². The maximum Gasteiger partial charge on any atom is 0.472 e. The van der Waals surface area contributed by atoms with E-state index in [9.17, 15) is 19.0 Å². The molecule has 0 spiro atoms. The molecular formula is C58H110NO8P. The molecule has 0 aromatic carbocycles. The number of unbranched alkanes of at least 4 members (excludes halogenated alkanes) is 36. The first kappa shape index (κ1) is 66.2. The van der Waals surface area contributed by atoms with E-state index in [0.29, 0.717) is 6.42 Å². The summed E-state index contributed by atoms with van der Waals surface area (Å²) in [6.07, 6.45) is 64.8. The lowest BCUT2D eigenvalue weighted by Gasteiger charge is -2.19. The third-order valence-corrected chi connectivity index (χ3v) is 13.8. The predicted octanol–water partition coefficient (Wildman–Crippen LogP) is 18.0. The third kappa shape index (κ3) is 53.6. The van der Waals surface area contributed by atoms with Gasteiger partial charge in [0, 0.05) is 19.4 Å². The van der Waals surface area contributed by atoms with Gasteiger partial charge in [0.05, 0.1) is 13.2 Å². The van der Waals surface area contributed by atoms with Gasteiger partial charge in [0.25, 0.3) is 0 Å². The van der Waals surface area contributed by atoms with E-state index in [-0.39, 0.29) is 38.6 Å². The lowest BCUT2D eigenvalue weighted by atomic mass is 10.0. The molecule has 0 rings (SSSR count). The van der Waals surface area contributed by atoms with Gasteiger partial charge in [-0.3, -0.25) is 18.6 Å². The zero-order chi connectivity index (χ0) is 49.5. The molecule has 0 aromatic rings. The van der Waals surface area contributed by atoms with Crippen LogP contribution >= 0.6 is 7.82 Å². The normalized spacial score (nSPS) is 13.3. The second-order valence-electron chi connectivity index (χ2n) is 19.5. The van der Waals surface area contributed by atoms with E-state index in [1.165, 1.54) is 205 Å². The zero-order valence-electron chi connectivity index (χ0n) is 44.6. The summed E-state index contributed by atoms with van der Waals surface area (Å²) in [4.78, 5) is 35.2. The standard InChI is InChI=1S/C58H110NO8P/c1-3-5-7-9-11-13-15-17-19-21-23-25-26-27-28-29-30-31-33-35-37-39-41-43-45-47-49-51-58(61)67-56(55-66-68(62,63)65-53-52-59)54-64-57(60)50-48-46-44-42-40-38-36-34-32-24-22-20-18-16-14-12-10-8-6-4-2/h15,17,21,23,26-27,56H,3-14,16,18-20,22,24-25,28-55,59H2,1-2H3,(H,62,63)/b17-15-,23-21-,27-26-. The summed E-state index contributed by atoms with van der Waals surface area (Å²) < 4.78 is 33.0. The first-order valence-corrected chi connectivity index (χ1v) is 30.5. The first-order valence-electron chi connectivity index (χ1n) is 29.0. The number of phosphoric ester groups is 1. The van der Waals surface area contributed by atoms with Gasteiger partial charge in [-0.05, 0) is 51.4 Å². The SMILES string of the molecule is CCCCCCC/C=C\C/C=C\C/C=C\CCCCCCCCCCCCCCC(=O)OC(COC(=O)CCCCCCCCCCCCCCCCCCCCCC)COP(=O)(O)OCCN. The summed E-state index contributed by atoms with van der Waals surface area (Å²) >= 11 is 0. The Morgan fingerprint density at radius 3 is 1.13 bits per heavy atom. The van der Waals surface area contributed by atoms with Gasteiger partial charge in [-0.1, -0.05) is 262 Å². The molecule has 0 aromatic heterocycles. The number of hydrogen-bond acceptors (Lipinski definition) is 8. The van der Waals surface area contributed by atoms with Crippen molar-refractivity contribution in [1.82, 2.24) is 0 Å². The Hall–Kier alpha value is -1.77. The molecule has 0 heterocycles. The summed E-state index contributed by atoms with van der Waals surface area (Å²) in [7, 11) is -4.38. The lowest BCUT2D eigenvalue weighted by molar-refractivity contribution is -0.161.